The van der Waals surface area contributed by atoms with Gasteiger partial charge in [-0.25, -0.2) is 13.4 Å². The molecule has 1 aromatic carbocycles. The smallest absolute Gasteiger partial charge is 0.423 e. The predicted molar refractivity (Wildman–Crippen MR) is 139 cm³/mol. The lowest BCUT2D eigenvalue weighted by Gasteiger charge is -2.33. The number of halogens is 3. The van der Waals surface area contributed by atoms with Gasteiger partial charge in [0.25, 0.3) is 0 Å². The zero-order valence-electron chi connectivity index (χ0n) is 21.7. The van der Waals surface area contributed by atoms with Gasteiger partial charge in [0.05, 0.1) is 18.1 Å². The highest BCUT2D eigenvalue weighted by atomic mass is 32.2. The first-order valence-electron chi connectivity index (χ1n) is 13.1. The lowest BCUT2D eigenvalue weighted by atomic mass is 10.1. The van der Waals surface area contributed by atoms with E-state index in [1.807, 2.05) is 13.0 Å². The third-order valence-corrected chi connectivity index (χ3v) is 9.17. The van der Waals surface area contributed by atoms with E-state index < -0.39 is 33.7 Å². The van der Waals surface area contributed by atoms with Crippen molar-refractivity contribution in [3.63, 3.8) is 0 Å². The molecular formula is C25H33F3N6O4S. The quantitative estimate of drug-likeness (QED) is 0.519. The number of piperidine rings is 1. The van der Waals surface area contributed by atoms with E-state index >= 15 is 0 Å². The summed E-state index contributed by atoms with van der Waals surface area (Å²) in [7, 11) is -3.68. The molecule has 0 aliphatic carbocycles. The molecule has 2 N–H and O–H groups in total. The van der Waals surface area contributed by atoms with Crippen molar-refractivity contribution in [1.82, 2.24) is 19.6 Å². The van der Waals surface area contributed by atoms with Crippen LogP contribution in [0, 0.1) is 6.92 Å². The fourth-order valence-corrected chi connectivity index (χ4v) is 6.66. The largest absolute Gasteiger partial charge is 0.471 e. The van der Waals surface area contributed by atoms with Crippen LogP contribution in [0.1, 0.15) is 30.4 Å². The van der Waals surface area contributed by atoms with Gasteiger partial charge in [-0.05, 0) is 43.5 Å². The Bertz CT molecular complexity index is 1260. The Morgan fingerprint density at radius 1 is 1.13 bits per heavy atom. The molecule has 0 spiro atoms. The van der Waals surface area contributed by atoms with Crippen molar-refractivity contribution >= 4 is 21.7 Å². The topological polar surface area (TPSA) is 109 Å². The van der Waals surface area contributed by atoms with E-state index in [2.05, 4.69) is 25.5 Å². The summed E-state index contributed by atoms with van der Waals surface area (Å²) in [5, 5.41) is 6.37. The Labute approximate surface area is 225 Å². The Balaban J connectivity index is 1.22. The summed E-state index contributed by atoms with van der Waals surface area (Å²) in [5.74, 6) is -0.521. The van der Waals surface area contributed by atoms with Crippen molar-refractivity contribution in [2.75, 3.05) is 62.7 Å². The zero-order chi connectivity index (χ0) is 27.6. The maximum absolute atomic E-state index is 13.5. The molecule has 1 atom stereocenters. The number of rotatable bonds is 7. The minimum atomic E-state index is -4.66. The van der Waals surface area contributed by atoms with Gasteiger partial charge >= 0.3 is 6.18 Å². The van der Waals surface area contributed by atoms with Gasteiger partial charge in [0.1, 0.15) is 11.7 Å². The minimum Gasteiger partial charge on any atom is -0.471 e. The number of piperazine rings is 1. The SMILES string of the molecule is Cc1cc(S(=O)(=O)N2CCC(Nc3ncc(C(F)(F)F)c(O[C@H]4CCOC4)n3)CC2)ccc1N1CCNCC1. The molecule has 3 saturated heterocycles. The van der Waals surface area contributed by atoms with Crippen molar-refractivity contribution < 1.29 is 31.1 Å². The van der Waals surface area contributed by atoms with E-state index in [-0.39, 0.29) is 36.6 Å². The molecule has 3 aliphatic rings. The molecule has 0 bridgehead atoms. The van der Waals surface area contributed by atoms with Crippen molar-refractivity contribution in [1.29, 1.82) is 0 Å². The second-order valence-corrected chi connectivity index (χ2v) is 12.0. The fourth-order valence-electron chi connectivity index (χ4n) is 5.10. The van der Waals surface area contributed by atoms with Crippen LogP contribution in [0.5, 0.6) is 5.88 Å². The van der Waals surface area contributed by atoms with Gasteiger partial charge in [0, 0.05) is 63.6 Å². The molecule has 0 radical (unpaired) electrons. The molecule has 10 nitrogen and oxygen atoms in total. The highest BCUT2D eigenvalue weighted by molar-refractivity contribution is 7.89. The van der Waals surface area contributed by atoms with Crippen LogP contribution in [-0.2, 0) is 20.9 Å². The summed E-state index contributed by atoms with van der Waals surface area (Å²) in [4.78, 5) is 10.4. The van der Waals surface area contributed by atoms with Gasteiger partial charge in [0.15, 0.2) is 0 Å². The van der Waals surface area contributed by atoms with Crippen LogP contribution >= 0.6 is 0 Å². The van der Waals surface area contributed by atoms with Crippen LogP contribution in [0.25, 0.3) is 0 Å². The van der Waals surface area contributed by atoms with Crippen LogP contribution in [0.2, 0.25) is 0 Å². The van der Waals surface area contributed by atoms with E-state index in [4.69, 9.17) is 9.47 Å². The number of alkyl halides is 3. The summed E-state index contributed by atoms with van der Waals surface area (Å²) >= 11 is 0. The lowest BCUT2D eigenvalue weighted by molar-refractivity contribution is -0.139. The molecule has 39 heavy (non-hydrogen) atoms. The molecule has 0 saturated carbocycles. The maximum Gasteiger partial charge on any atom is 0.423 e. The Morgan fingerprint density at radius 3 is 2.51 bits per heavy atom. The molecule has 0 unspecified atom stereocenters. The van der Waals surface area contributed by atoms with Crippen molar-refractivity contribution in [2.24, 2.45) is 0 Å². The van der Waals surface area contributed by atoms with E-state index in [0.717, 1.165) is 37.4 Å². The first kappa shape index (κ1) is 27.9. The van der Waals surface area contributed by atoms with Gasteiger partial charge < -0.3 is 25.0 Å². The predicted octanol–water partition coefficient (Wildman–Crippen LogP) is 2.65. The summed E-state index contributed by atoms with van der Waals surface area (Å²) in [5.41, 5.74) is 0.911. The number of benzene rings is 1. The Morgan fingerprint density at radius 2 is 1.87 bits per heavy atom. The van der Waals surface area contributed by atoms with Crippen molar-refractivity contribution in [2.45, 2.75) is 49.4 Å². The number of nitrogens with one attached hydrogen (secondary N) is 2. The van der Waals surface area contributed by atoms with E-state index in [1.54, 1.807) is 12.1 Å². The highest BCUT2D eigenvalue weighted by Crippen LogP contribution is 2.36. The Kier molecular flexibility index (Phi) is 8.17. The second-order valence-electron chi connectivity index (χ2n) is 10.0. The molecule has 3 fully saturated rings. The van der Waals surface area contributed by atoms with Crippen LogP contribution < -0.4 is 20.3 Å². The van der Waals surface area contributed by atoms with E-state index in [9.17, 15) is 21.6 Å². The summed E-state index contributed by atoms with van der Waals surface area (Å²) in [6.45, 7) is 6.61. The van der Waals surface area contributed by atoms with Crippen LogP contribution in [0.4, 0.5) is 24.8 Å². The first-order chi connectivity index (χ1) is 18.6. The maximum atomic E-state index is 13.5. The van der Waals surface area contributed by atoms with E-state index in [1.165, 1.54) is 4.31 Å². The van der Waals surface area contributed by atoms with Crippen LogP contribution in [0.15, 0.2) is 29.3 Å². The standard InChI is InChI=1S/C25H33F3N6O4S/c1-17-14-20(2-3-22(17)33-11-7-29-8-12-33)39(35,36)34-9-4-18(5-10-34)31-24-30-15-21(25(26,27)28)23(32-24)38-19-6-13-37-16-19/h2-3,14-15,18-19,29H,4-13,16H2,1H3,(H,30,31,32)/t19-/m0/s1. The third kappa shape index (κ3) is 6.39. The summed E-state index contributed by atoms with van der Waals surface area (Å²) in [6.07, 6.45) is -3.06. The fraction of sp³-hybridized carbons (Fsp3) is 0.600. The molecular weight excluding hydrogens is 537 g/mol. The summed E-state index contributed by atoms with van der Waals surface area (Å²) in [6, 6.07) is 5.06. The number of aryl methyl sites for hydroxylation is 1. The minimum absolute atomic E-state index is 0.0114. The first-order valence-corrected chi connectivity index (χ1v) is 14.6. The molecule has 14 heteroatoms. The third-order valence-electron chi connectivity index (χ3n) is 7.28. The molecule has 2 aromatic rings. The number of sulfonamides is 1. The van der Waals surface area contributed by atoms with Gasteiger partial charge in [-0.3, -0.25) is 0 Å². The van der Waals surface area contributed by atoms with Crippen LogP contribution in [-0.4, -0.2) is 87.3 Å². The van der Waals surface area contributed by atoms with Gasteiger partial charge in [0.2, 0.25) is 21.9 Å². The van der Waals surface area contributed by atoms with Crippen LogP contribution in [0.3, 0.4) is 0 Å². The molecule has 214 valence electrons. The number of anilines is 2. The molecule has 4 heterocycles. The average Bonchev–Trinajstić information content (AvgIpc) is 3.42. The van der Waals surface area contributed by atoms with Gasteiger partial charge in [-0.1, -0.05) is 0 Å². The lowest BCUT2D eigenvalue weighted by Crippen LogP contribution is -2.44. The zero-order valence-corrected chi connectivity index (χ0v) is 22.5. The average molecular weight is 571 g/mol. The number of ether oxygens (including phenoxy) is 2. The molecule has 5 rings (SSSR count). The normalized spacial score (nSPS) is 21.7. The Hall–Kier alpha value is -2.68. The highest BCUT2D eigenvalue weighted by Gasteiger charge is 2.38. The van der Waals surface area contributed by atoms with Gasteiger partial charge in [-0.2, -0.15) is 22.5 Å². The van der Waals surface area contributed by atoms with E-state index in [0.29, 0.717) is 32.1 Å². The van der Waals surface area contributed by atoms with Crippen molar-refractivity contribution in [3.05, 3.63) is 35.5 Å². The monoisotopic (exact) mass is 570 g/mol. The number of hydrogen-bond acceptors (Lipinski definition) is 9. The molecule has 1 aromatic heterocycles. The molecule has 3 aliphatic heterocycles. The van der Waals surface area contributed by atoms with Crippen molar-refractivity contribution in [3.8, 4) is 5.88 Å². The summed E-state index contributed by atoms with van der Waals surface area (Å²) < 4.78 is 79.3. The molecule has 0 amide bonds. The second kappa shape index (κ2) is 11.4. The number of aromatic nitrogens is 2. The van der Waals surface area contributed by atoms with Gasteiger partial charge in [-0.15, -0.1) is 0 Å². The number of nitrogens with zero attached hydrogens (tertiary/aromatic N) is 4. The number of hydrogen-bond donors (Lipinski definition) is 2.